The van der Waals surface area contributed by atoms with Gasteiger partial charge in [-0.25, -0.2) is 0 Å². The maximum Gasteiger partial charge on any atom is 0.0159 e. The Morgan fingerprint density at radius 1 is 0.160 bits per heavy atom. The van der Waals surface area contributed by atoms with Crippen LogP contribution in [0.2, 0.25) is 0 Å². The van der Waals surface area contributed by atoms with Crippen LogP contribution < -0.4 is 0 Å². The summed E-state index contributed by atoms with van der Waals surface area (Å²) in [6, 6.07) is 85.4. The molecular formula is C81H66. The van der Waals surface area contributed by atoms with Crippen LogP contribution in [0.4, 0.5) is 0 Å². The van der Waals surface area contributed by atoms with Gasteiger partial charge in [-0.15, -0.1) is 0 Å². The van der Waals surface area contributed by atoms with Crippen LogP contribution in [0, 0.1) is 0 Å². The zero-order chi connectivity index (χ0) is 55.3. The molecule has 5 aliphatic rings. The van der Waals surface area contributed by atoms with Crippen molar-refractivity contribution in [1.29, 1.82) is 0 Å². The monoisotopic (exact) mass is 1040 g/mol. The standard InChI is InChI=1S/C81H66/c1-77(2)68-30-20-15-25-56(68)63-41-47(35-40-69(63)77)61-46-62(48-31-36-57-52-21-11-16-26-64(52)78(3,4)70(57)42-48)75(50-33-38-59-54-23-13-18-28-66(54)80(7,8)72(59)44-50)76(51-34-39-60-55-24-14-19-29-67(55)81(9,10)73(60)45-51)74(61)49-32-37-58-53-22-12-17-27-65(53)79(5,6)71(58)43-49/h11-46H,1-10H3. The average molecular weight is 1040 g/mol. The Kier molecular flexibility index (Phi) is 9.73. The van der Waals surface area contributed by atoms with Gasteiger partial charge in [0, 0.05) is 27.1 Å². The van der Waals surface area contributed by atoms with Crippen LogP contribution in [-0.4, -0.2) is 0 Å². The van der Waals surface area contributed by atoms with E-state index in [1.807, 2.05) is 0 Å². The topological polar surface area (TPSA) is 0 Å². The molecule has 0 amide bonds. The summed E-state index contributed by atoms with van der Waals surface area (Å²) >= 11 is 0. The lowest BCUT2D eigenvalue weighted by Crippen LogP contribution is -2.15. The summed E-state index contributed by atoms with van der Waals surface area (Å²) in [5.41, 5.74) is 38.6. The highest BCUT2D eigenvalue weighted by atomic mass is 14.4. The van der Waals surface area contributed by atoms with E-state index in [0.717, 1.165) is 0 Å². The summed E-state index contributed by atoms with van der Waals surface area (Å²) in [7, 11) is 0. The van der Waals surface area contributed by atoms with Gasteiger partial charge in [-0.2, -0.15) is 0 Å². The zero-order valence-electron chi connectivity index (χ0n) is 48.3. The van der Waals surface area contributed by atoms with Crippen molar-refractivity contribution < 1.29 is 0 Å². The van der Waals surface area contributed by atoms with Crippen molar-refractivity contribution >= 4 is 0 Å². The highest BCUT2D eigenvalue weighted by Gasteiger charge is 2.42. The van der Waals surface area contributed by atoms with Crippen LogP contribution >= 0.6 is 0 Å². The molecule has 0 heteroatoms. The number of fused-ring (bicyclic) bond motifs is 15. The molecule has 11 aromatic carbocycles. The van der Waals surface area contributed by atoms with Crippen LogP contribution in [-0.2, 0) is 27.1 Å². The summed E-state index contributed by atoms with van der Waals surface area (Å²) in [4.78, 5) is 0. The van der Waals surface area contributed by atoms with E-state index < -0.39 is 0 Å². The van der Waals surface area contributed by atoms with Crippen molar-refractivity contribution in [3.8, 4) is 111 Å². The number of hydrogen-bond donors (Lipinski definition) is 0. The van der Waals surface area contributed by atoms with E-state index in [1.54, 1.807) is 0 Å². The van der Waals surface area contributed by atoms with Crippen LogP contribution in [0.3, 0.4) is 0 Å². The maximum atomic E-state index is 2.62. The first-order chi connectivity index (χ1) is 39.0. The Hall–Kier alpha value is -8.58. The van der Waals surface area contributed by atoms with Gasteiger partial charge in [0.25, 0.3) is 0 Å². The predicted molar refractivity (Wildman–Crippen MR) is 341 cm³/mol. The van der Waals surface area contributed by atoms with Crippen molar-refractivity contribution in [1.82, 2.24) is 0 Å². The quantitative estimate of drug-likeness (QED) is 0.161. The normalized spacial score (nSPS) is 16.5. The van der Waals surface area contributed by atoms with E-state index >= 15 is 0 Å². The molecule has 0 atom stereocenters. The minimum Gasteiger partial charge on any atom is -0.0619 e. The Balaban J connectivity index is 1.08. The largest absolute Gasteiger partial charge is 0.0619 e. The summed E-state index contributed by atoms with van der Waals surface area (Å²) in [5, 5.41) is 0. The molecule has 0 heterocycles. The fourth-order valence-electron chi connectivity index (χ4n) is 16.4. The van der Waals surface area contributed by atoms with E-state index in [4.69, 9.17) is 0 Å². The first-order valence-electron chi connectivity index (χ1n) is 29.4. The smallest absolute Gasteiger partial charge is 0.0159 e. The van der Waals surface area contributed by atoms with Gasteiger partial charge in [-0.3, -0.25) is 0 Å². The van der Waals surface area contributed by atoms with Crippen LogP contribution in [0.1, 0.15) is 125 Å². The van der Waals surface area contributed by atoms with E-state index in [2.05, 4.69) is 288 Å². The summed E-state index contributed by atoms with van der Waals surface area (Å²) in [5.74, 6) is 0. The first kappa shape index (κ1) is 48.3. The van der Waals surface area contributed by atoms with Gasteiger partial charge in [-0.1, -0.05) is 251 Å². The number of hydrogen-bond acceptors (Lipinski definition) is 0. The molecule has 0 fully saturated rings. The lowest BCUT2D eigenvalue weighted by molar-refractivity contribution is 0.660. The van der Waals surface area contributed by atoms with Gasteiger partial charge in [0.15, 0.2) is 0 Å². The van der Waals surface area contributed by atoms with Crippen molar-refractivity contribution in [3.05, 3.63) is 274 Å². The second-order valence-electron chi connectivity index (χ2n) is 26.8. The second kappa shape index (κ2) is 16.3. The highest BCUT2D eigenvalue weighted by Crippen LogP contribution is 2.60. The third kappa shape index (κ3) is 6.43. The molecule has 0 spiro atoms. The Bertz CT molecular complexity index is 4600. The molecule has 0 saturated carbocycles. The van der Waals surface area contributed by atoms with Crippen LogP contribution in [0.15, 0.2) is 218 Å². The minimum atomic E-state index is -0.212. The van der Waals surface area contributed by atoms with Gasteiger partial charge >= 0.3 is 0 Å². The van der Waals surface area contributed by atoms with E-state index in [-0.39, 0.29) is 27.1 Å². The van der Waals surface area contributed by atoms with E-state index in [9.17, 15) is 0 Å². The third-order valence-electron chi connectivity index (χ3n) is 20.7. The van der Waals surface area contributed by atoms with Crippen molar-refractivity contribution in [2.45, 2.75) is 96.3 Å². The Labute approximate surface area is 478 Å². The molecule has 390 valence electrons. The van der Waals surface area contributed by atoms with Gasteiger partial charge in [-0.05, 0) is 203 Å². The van der Waals surface area contributed by atoms with Gasteiger partial charge in [0.2, 0.25) is 0 Å². The second-order valence-corrected chi connectivity index (χ2v) is 26.8. The SMILES string of the molecule is CC1(C)c2ccccc2-c2cc(-c3cc(-c4ccc5c(c4)C(C)(C)c4ccccc4-5)c(-c4ccc5c(c4)C(C)(C)c4ccccc4-5)c(-c4ccc5c(c4)C(C)(C)c4ccccc4-5)c3-c3ccc4c(c3)C(C)(C)c3ccccc3-4)ccc21. The average Bonchev–Trinajstić information content (AvgIpc) is 4.36. The third-order valence-corrected chi connectivity index (χ3v) is 20.7. The van der Waals surface area contributed by atoms with Crippen molar-refractivity contribution in [2.75, 3.05) is 0 Å². The molecule has 0 unspecified atom stereocenters. The highest BCUT2D eigenvalue weighted by molar-refractivity contribution is 6.09. The lowest BCUT2D eigenvalue weighted by atomic mass is 9.74. The van der Waals surface area contributed by atoms with Gasteiger partial charge in [0.05, 0.1) is 0 Å². The summed E-state index contributed by atoms with van der Waals surface area (Å²) in [6.45, 7) is 24.2. The van der Waals surface area contributed by atoms with Crippen LogP contribution in [0.5, 0.6) is 0 Å². The van der Waals surface area contributed by atoms with E-state index in [1.165, 1.54) is 167 Å². The first-order valence-corrected chi connectivity index (χ1v) is 29.4. The molecule has 0 saturated heterocycles. The van der Waals surface area contributed by atoms with E-state index in [0.29, 0.717) is 0 Å². The minimum absolute atomic E-state index is 0.126. The molecule has 0 N–H and O–H groups in total. The van der Waals surface area contributed by atoms with Gasteiger partial charge in [0.1, 0.15) is 0 Å². The molecule has 16 rings (SSSR count). The van der Waals surface area contributed by atoms with Gasteiger partial charge < -0.3 is 0 Å². The fraction of sp³-hybridized carbons (Fsp3) is 0.185. The fourth-order valence-corrected chi connectivity index (χ4v) is 16.4. The Morgan fingerprint density at radius 2 is 0.395 bits per heavy atom. The van der Waals surface area contributed by atoms with Crippen molar-refractivity contribution in [3.63, 3.8) is 0 Å². The molecule has 11 aromatic rings. The van der Waals surface area contributed by atoms with Crippen LogP contribution in [0.25, 0.3) is 111 Å². The molecule has 0 radical (unpaired) electrons. The Morgan fingerprint density at radius 3 is 0.753 bits per heavy atom. The molecule has 0 bridgehead atoms. The molecule has 0 aromatic heterocycles. The molecule has 0 nitrogen and oxygen atoms in total. The summed E-state index contributed by atoms with van der Waals surface area (Å²) < 4.78 is 0. The molecular weight excluding hydrogens is 973 g/mol. The maximum absolute atomic E-state index is 2.62. The molecule has 0 aliphatic heterocycles. The lowest BCUT2D eigenvalue weighted by Gasteiger charge is -2.29. The molecule has 81 heavy (non-hydrogen) atoms. The summed E-state index contributed by atoms with van der Waals surface area (Å²) in [6.07, 6.45) is 0. The van der Waals surface area contributed by atoms with Crippen molar-refractivity contribution in [2.24, 2.45) is 0 Å². The molecule has 5 aliphatic carbocycles. The predicted octanol–water partition coefficient (Wildman–Crippen LogP) is 21.6. The number of benzene rings is 11. The number of rotatable bonds is 5. The zero-order valence-corrected chi connectivity index (χ0v) is 48.3.